The van der Waals surface area contributed by atoms with Crippen LogP contribution < -0.4 is 21.8 Å². The highest BCUT2D eigenvalue weighted by Gasteiger charge is 2.29. The van der Waals surface area contributed by atoms with Gasteiger partial charge in [0.15, 0.2) is 22.9 Å². The normalized spacial score (nSPS) is 12.7. The Labute approximate surface area is 179 Å². The lowest BCUT2D eigenvalue weighted by Crippen LogP contribution is -2.39. The van der Waals surface area contributed by atoms with Crippen molar-refractivity contribution in [3.63, 3.8) is 0 Å². The molecule has 1 unspecified atom stereocenters. The SMILES string of the molecule is CCCCOC(=O)C(CN=C(N)N)C[C@@H](Nn1cnc2c(N(C)C)ncnc21)C(=O)O. The number of imidazole rings is 1. The highest BCUT2D eigenvalue weighted by molar-refractivity contribution is 5.84. The molecule has 0 spiro atoms. The molecule has 6 N–H and O–H groups in total. The summed E-state index contributed by atoms with van der Waals surface area (Å²) < 4.78 is 6.64. The lowest BCUT2D eigenvalue weighted by atomic mass is 10.0. The van der Waals surface area contributed by atoms with Gasteiger partial charge in [0.05, 0.1) is 19.1 Å². The van der Waals surface area contributed by atoms with Gasteiger partial charge in [0.2, 0.25) is 0 Å². The van der Waals surface area contributed by atoms with Crippen molar-refractivity contribution in [3.05, 3.63) is 12.7 Å². The minimum Gasteiger partial charge on any atom is -0.480 e. The highest BCUT2D eigenvalue weighted by atomic mass is 16.5. The molecule has 0 saturated heterocycles. The van der Waals surface area contributed by atoms with Gasteiger partial charge in [0.25, 0.3) is 0 Å². The number of aliphatic imine (C=N–C) groups is 1. The second-order valence-corrected chi connectivity index (χ2v) is 7.12. The molecule has 0 saturated carbocycles. The molecule has 0 aromatic carbocycles. The minimum atomic E-state index is -1.17. The maximum absolute atomic E-state index is 12.5. The van der Waals surface area contributed by atoms with Gasteiger partial charge in [-0.05, 0) is 12.8 Å². The predicted molar refractivity (Wildman–Crippen MR) is 115 cm³/mol. The number of nitrogens with zero attached hydrogens (tertiary/aromatic N) is 6. The van der Waals surface area contributed by atoms with Crippen LogP contribution in [-0.2, 0) is 14.3 Å². The molecule has 0 aliphatic carbocycles. The maximum Gasteiger partial charge on any atom is 0.327 e. The van der Waals surface area contributed by atoms with Crippen LogP contribution in [-0.4, -0.2) is 75.9 Å². The third kappa shape index (κ3) is 6.42. The van der Waals surface area contributed by atoms with Crippen LogP contribution >= 0.6 is 0 Å². The number of guanidine groups is 1. The zero-order valence-electron chi connectivity index (χ0n) is 17.9. The number of nitrogens with two attached hydrogens (primary N) is 2. The Morgan fingerprint density at radius 3 is 2.68 bits per heavy atom. The van der Waals surface area contributed by atoms with Gasteiger partial charge in [0.1, 0.15) is 18.7 Å². The number of carbonyl (C=O) groups is 2. The summed E-state index contributed by atoms with van der Waals surface area (Å²) in [6.45, 7) is 2.13. The zero-order valence-corrected chi connectivity index (χ0v) is 17.9. The fraction of sp³-hybridized carbons (Fsp3) is 0.556. The summed E-state index contributed by atoms with van der Waals surface area (Å²) in [5, 5.41) is 9.73. The average molecular weight is 435 g/mol. The van der Waals surface area contributed by atoms with Crippen molar-refractivity contribution in [1.82, 2.24) is 19.6 Å². The van der Waals surface area contributed by atoms with Crippen molar-refractivity contribution in [1.29, 1.82) is 0 Å². The fourth-order valence-corrected chi connectivity index (χ4v) is 2.80. The number of hydrogen-bond donors (Lipinski definition) is 4. The number of carboxylic acid groups (broad SMARTS) is 1. The third-order valence-electron chi connectivity index (χ3n) is 4.42. The van der Waals surface area contributed by atoms with E-state index in [9.17, 15) is 14.7 Å². The van der Waals surface area contributed by atoms with Gasteiger partial charge in [0, 0.05) is 14.1 Å². The molecule has 13 heteroatoms. The van der Waals surface area contributed by atoms with Crippen molar-refractivity contribution < 1.29 is 19.4 Å². The van der Waals surface area contributed by atoms with E-state index < -0.39 is 23.9 Å². The second kappa shape index (κ2) is 10.9. The number of rotatable bonds is 12. The first-order valence-electron chi connectivity index (χ1n) is 9.81. The molecule has 31 heavy (non-hydrogen) atoms. The first-order chi connectivity index (χ1) is 14.7. The number of carboxylic acids is 1. The molecule has 2 rings (SSSR count). The number of aliphatic carboxylic acids is 1. The summed E-state index contributed by atoms with van der Waals surface area (Å²) in [7, 11) is 3.62. The van der Waals surface area contributed by atoms with Crippen molar-refractivity contribution >= 4 is 34.9 Å². The van der Waals surface area contributed by atoms with Gasteiger partial charge in [-0.3, -0.25) is 9.79 Å². The van der Waals surface area contributed by atoms with E-state index in [0.717, 1.165) is 6.42 Å². The van der Waals surface area contributed by atoms with E-state index in [2.05, 4.69) is 25.4 Å². The van der Waals surface area contributed by atoms with E-state index >= 15 is 0 Å². The van der Waals surface area contributed by atoms with Crippen LogP contribution in [0.1, 0.15) is 26.2 Å². The van der Waals surface area contributed by atoms with Crippen molar-refractivity contribution in [2.45, 2.75) is 32.2 Å². The summed E-state index contributed by atoms with van der Waals surface area (Å²) in [5.74, 6) is -2.18. The summed E-state index contributed by atoms with van der Waals surface area (Å²) in [6.07, 6.45) is 4.22. The van der Waals surface area contributed by atoms with E-state index in [-0.39, 0.29) is 25.5 Å². The number of esters is 1. The van der Waals surface area contributed by atoms with Crippen molar-refractivity contribution in [2.75, 3.05) is 37.6 Å². The first-order valence-corrected chi connectivity index (χ1v) is 9.81. The molecule has 170 valence electrons. The van der Waals surface area contributed by atoms with E-state index in [1.165, 1.54) is 17.3 Å². The van der Waals surface area contributed by atoms with Gasteiger partial charge < -0.3 is 31.6 Å². The standard InChI is InChI=1S/C18H29N9O4/c1-4-5-6-31-17(30)11(8-21-18(19)20)7-12(16(28)29)25-27-10-24-13-14(26(2)3)22-9-23-15(13)27/h9-12,25H,4-8H2,1-3H3,(H,28,29)(H4,19,20,21)/t11?,12-/m1/s1. The number of anilines is 1. The Balaban J connectivity index is 2.24. The molecular weight excluding hydrogens is 406 g/mol. The molecule has 2 aromatic heterocycles. The summed E-state index contributed by atoms with van der Waals surface area (Å²) in [4.78, 5) is 42.7. The first kappa shape index (κ1) is 23.6. The highest BCUT2D eigenvalue weighted by Crippen LogP contribution is 2.19. The van der Waals surface area contributed by atoms with Gasteiger partial charge in [-0.25, -0.2) is 24.4 Å². The van der Waals surface area contributed by atoms with Gasteiger partial charge in [-0.15, -0.1) is 0 Å². The molecule has 0 bridgehead atoms. The van der Waals surface area contributed by atoms with E-state index in [1.54, 1.807) is 4.90 Å². The largest absolute Gasteiger partial charge is 0.480 e. The topological polar surface area (TPSA) is 187 Å². The molecule has 2 aromatic rings. The number of carbonyl (C=O) groups excluding carboxylic acids is 1. The smallest absolute Gasteiger partial charge is 0.327 e. The molecule has 0 fully saturated rings. The van der Waals surface area contributed by atoms with Crippen LogP contribution in [0.3, 0.4) is 0 Å². The number of aromatic nitrogens is 4. The Hall–Kier alpha value is -3.64. The number of nitrogens with one attached hydrogen (secondary N) is 1. The molecule has 2 heterocycles. The lowest BCUT2D eigenvalue weighted by Gasteiger charge is -2.21. The van der Waals surface area contributed by atoms with Crippen LogP contribution in [0, 0.1) is 5.92 Å². The third-order valence-corrected chi connectivity index (χ3v) is 4.42. The quantitative estimate of drug-likeness (QED) is 0.146. The number of hydrogen-bond acceptors (Lipinski definition) is 9. The molecule has 13 nitrogen and oxygen atoms in total. The monoisotopic (exact) mass is 435 g/mol. The van der Waals surface area contributed by atoms with Crippen molar-refractivity contribution in [2.24, 2.45) is 22.4 Å². The molecule has 0 aliphatic heterocycles. The average Bonchev–Trinajstić information content (AvgIpc) is 3.12. The van der Waals surface area contributed by atoms with Crippen molar-refractivity contribution in [3.8, 4) is 0 Å². The van der Waals surface area contributed by atoms with Gasteiger partial charge in [-0.1, -0.05) is 13.3 Å². The molecule has 2 atom stereocenters. The lowest BCUT2D eigenvalue weighted by molar-refractivity contribution is -0.149. The number of ether oxygens (including phenoxy) is 1. The molecule has 0 aliphatic rings. The molecule has 0 radical (unpaired) electrons. The van der Waals surface area contributed by atoms with Crippen LogP contribution in [0.4, 0.5) is 5.82 Å². The Bertz CT molecular complexity index is 924. The number of unbranched alkanes of at least 4 members (excludes halogenated alkanes) is 1. The van der Waals surface area contributed by atoms with Gasteiger partial charge >= 0.3 is 11.9 Å². The summed E-state index contributed by atoms with van der Waals surface area (Å²) in [6, 6.07) is -1.16. The predicted octanol–water partition coefficient (Wildman–Crippen LogP) is -0.488. The summed E-state index contributed by atoms with van der Waals surface area (Å²) >= 11 is 0. The van der Waals surface area contributed by atoms with Crippen LogP contribution in [0.25, 0.3) is 11.2 Å². The Kier molecular flexibility index (Phi) is 8.34. The van der Waals surface area contributed by atoms with Crippen LogP contribution in [0.2, 0.25) is 0 Å². The maximum atomic E-state index is 12.5. The Morgan fingerprint density at radius 1 is 1.32 bits per heavy atom. The van der Waals surface area contributed by atoms with Crippen LogP contribution in [0.5, 0.6) is 0 Å². The van der Waals surface area contributed by atoms with Gasteiger partial charge in [-0.2, -0.15) is 0 Å². The zero-order chi connectivity index (χ0) is 23.0. The van der Waals surface area contributed by atoms with Crippen LogP contribution in [0.15, 0.2) is 17.6 Å². The van der Waals surface area contributed by atoms with E-state index in [1.807, 2.05) is 21.0 Å². The second-order valence-electron chi connectivity index (χ2n) is 7.12. The summed E-state index contributed by atoms with van der Waals surface area (Å²) in [5.41, 5.74) is 14.5. The molecule has 0 amide bonds. The fourth-order valence-electron chi connectivity index (χ4n) is 2.80. The molecular formula is C18H29N9O4. The van der Waals surface area contributed by atoms with E-state index in [0.29, 0.717) is 23.4 Å². The number of fused-ring (bicyclic) bond motifs is 1. The minimum absolute atomic E-state index is 0.0869. The Morgan fingerprint density at radius 2 is 2.06 bits per heavy atom. The van der Waals surface area contributed by atoms with E-state index in [4.69, 9.17) is 16.2 Å².